The van der Waals surface area contributed by atoms with Crippen LogP contribution in [0.2, 0.25) is 0 Å². The lowest BCUT2D eigenvalue weighted by Gasteiger charge is -2.44. The molecule has 0 amide bonds. The number of halogens is 1. The van der Waals surface area contributed by atoms with Gasteiger partial charge >= 0.3 is 5.97 Å². The molecule has 4 rings (SSSR count). The van der Waals surface area contributed by atoms with Gasteiger partial charge in [-0.25, -0.2) is 4.39 Å². The number of likely N-dealkylation sites (tertiary alicyclic amines) is 2. The highest BCUT2D eigenvalue weighted by atomic mass is 19.1. The molecule has 0 saturated carbocycles. The molecule has 0 unspecified atom stereocenters. The third-order valence-electron chi connectivity index (χ3n) is 7.18. The molecule has 1 aromatic carbocycles. The van der Waals surface area contributed by atoms with Gasteiger partial charge in [-0.3, -0.25) is 9.69 Å². The molecule has 0 aliphatic carbocycles. The maximum atomic E-state index is 14.4. The number of aliphatic carboxylic acids is 1. The van der Waals surface area contributed by atoms with Crippen molar-refractivity contribution < 1.29 is 14.3 Å². The number of carboxylic acid groups (broad SMARTS) is 1. The molecule has 3 fully saturated rings. The standard InChI is InChI=1S/C22H32FN3O2/c1-24-11-6-22(7-12-24)5-2-8-26(22)16-17-13-19(23)15-20(14-17)25-9-3-18(4-10-25)21(27)28/h13-15,18H,2-12,16H2,1H3,(H,27,28). The number of benzene rings is 1. The average molecular weight is 390 g/mol. The average Bonchev–Trinajstić information content (AvgIpc) is 3.06. The lowest BCUT2D eigenvalue weighted by Crippen LogP contribution is -2.50. The minimum Gasteiger partial charge on any atom is -0.481 e. The van der Waals surface area contributed by atoms with Gasteiger partial charge < -0.3 is 14.9 Å². The van der Waals surface area contributed by atoms with E-state index in [0.29, 0.717) is 31.5 Å². The summed E-state index contributed by atoms with van der Waals surface area (Å²) in [6.45, 7) is 5.55. The SMILES string of the molecule is CN1CCC2(CCCN2Cc2cc(F)cc(N3CCC(C(=O)O)CC3)c2)CC1. The van der Waals surface area contributed by atoms with Gasteiger partial charge in [-0.05, 0) is 89.0 Å². The topological polar surface area (TPSA) is 47.0 Å². The number of rotatable bonds is 4. The molecule has 1 aromatic rings. The summed E-state index contributed by atoms with van der Waals surface area (Å²) < 4.78 is 14.4. The molecule has 3 saturated heterocycles. The van der Waals surface area contributed by atoms with E-state index in [9.17, 15) is 14.3 Å². The van der Waals surface area contributed by atoms with Crippen LogP contribution < -0.4 is 4.90 Å². The molecule has 1 N–H and O–H groups in total. The predicted molar refractivity (Wildman–Crippen MR) is 108 cm³/mol. The molecule has 1 spiro atoms. The second-order valence-corrected chi connectivity index (χ2v) is 8.97. The maximum absolute atomic E-state index is 14.4. The first-order valence-electron chi connectivity index (χ1n) is 10.7. The number of hydrogen-bond acceptors (Lipinski definition) is 4. The summed E-state index contributed by atoms with van der Waals surface area (Å²) in [7, 11) is 2.19. The third-order valence-corrected chi connectivity index (χ3v) is 7.18. The first-order valence-corrected chi connectivity index (χ1v) is 10.7. The van der Waals surface area contributed by atoms with Gasteiger partial charge in [0.05, 0.1) is 5.92 Å². The van der Waals surface area contributed by atoms with Gasteiger partial charge in [0.15, 0.2) is 0 Å². The molecule has 0 aromatic heterocycles. The van der Waals surface area contributed by atoms with Crippen LogP contribution >= 0.6 is 0 Å². The number of hydrogen-bond donors (Lipinski definition) is 1. The first-order chi connectivity index (χ1) is 13.4. The predicted octanol–water partition coefficient (Wildman–Crippen LogP) is 3.19. The van der Waals surface area contributed by atoms with E-state index in [1.165, 1.54) is 25.7 Å². The van der Waals surface area contributed by atoms with Crippen molar-refractivity contribution in [2.75, 3.05) is 44.7 Å². The molecular weight excluding hydrogens is 357 g/mol. The quantitative estimate of drug-likeness (QED) is 0.857. The molecule has 0 atom stereocenters. The molecule has 28 heavy (non-hydrogen) atoms. The van der Waals surface area contributed by atoms with Crippen LogP contribution in [0.4, 0.5) is 10.1 Å². The summed E-state index contributed by atoms with van der Waals surface area (Å²) in [5.74, 6) is -1.17. The molecule has 0 radical (unpaired) electrons. The van der Waals surface area contributed by atoms with Crippen LogP contribution in [0.15, 0.2) is 18.2 Å². The second-order valence-electron chi connectivity index (χ2n) is 8.97. The largest absolute Gasteiger partial charge is 0.481 e. The summed E-state index contributed by atoms with van der Waals surface area (Å²) in [6.07, 6.45) is 6.15. The fourth-order valence-electron chi connectivity index (χ4n) is 5.35. The highest BCUT2D eigenvalue weighted by Gasteiger charge is 2.42. The van der Waals surface area contributed by atoms with Crippen LogP contribution in [0.5, 0.6) is 0 Å². The minimum absolute atomic E-state index is 0.190. The normalized spacial score (nSPS) is 24.1. The number of carbonyl (C=O) groups is 1. The first kappa shape index (κ1) is 19.6. The Morgan fingerprint density at radius 1 is 1.11 bits per heavy atom. The number of piperidine rings is 2. The van der Waals surface area contributed by atoms with E-state index >= 15 is 0 Å². The maximum Gasteiger partial charge on any atom is 0.306 e. The van der Waals surface area contributed by atoms with Crippen molar-refractivity contribution >= 4 is 11.7 Å². The Morgan fingerprint density at radius 2 is 1.82 bits per heavy atom. The molecule has 0 bridgehead atoms. The Hall–Kier alpha value is -1.66. The number of carboxylic acids is 1. The zero-order valence-corrected chi connectivity index (χ0v) is 16.9. The minimum atomic E-state index is -0.711. The van der Waals surface area contributed by atoms with Crippen LogP contribution in [0.25, 0.3) is 0 Å². The van der Waals surface area contributed by atoms with E-state index in [1.54, 1.807) is 12.1 Å². The molecule has 6 heteroatoms. The lowest BCUT2D eigenvalue weighted by molar-refractivity contribution is -0.142. The Balaban J connectivity index is 1.46. The Kier molecular flexibility index (Phi) is 5.61. The van der Waals surface area contributed by atoms with E-state index < -0.39 is 5.97 Å². The van der Waals surface area contributed by atoms with E-state index in [1.807, 2.05) is 0 Å². The van der Waals surface area contributed by atoms with Gasteiger partial charge in [0, 0.05) is 30.9 Å². The van der Waals surface area contributed by atoms with E-state index in [0.717, 1.165) is 37.4 Å². The van der Waals surface area contributed by atoms with Crippen LogP contribution in [-0.4, -0.2) is 66.2 Å². The Morgan fingerprint density at radius 3 is 2.50 bits per heavy atom. The van der Waals surface area contributed by atoms with Crippen LogP contribution in [0.1, 0.15) is 44.1 Å². The summed E-state index contributed by atoms with van der Waals surface area (Å²) >= 11 is 0. The van der Waals surface area contributed by atoms with Crippen LogP contribution in [0.3, 0.4) is 0 Å². The summed E-state index contributed by atoms with van der Waals surface area (Å²) in [6, 6.07) is 5.39. The molecule has 3 aliphatic heterocycles. The lowest BCUT2D eigenvalue weighted by atomic mass is 9.85. The van der Waals surface area contributed by atoms with Crippen LogP contribution in [0, 0.1) is 11.7 Å². The monoisotopic (exact) mass is 389 g/mol. The van der Waals surface area contributed by atoms with Gasteiger partial charge in [0.25, 0.3) is 0 Å². The second kappa shape index (κ2) is 7.99. The summed E-state index contributed by atoms with van der Waals surface area (Å²) in [4.78, 5) is 18.3. The number of anilines is 1. The Labute approximate surface area is 167 Å². The summed E-state index contributed by atoms with van der Waals surface area (Å²) in [5.41, 5.74) is 2.23. The van der Waals surface area contributed by atoms with Gasteiger partial charge in [-0.1, -0.05) is 0 Å². The number of nitrogens with zero attached hydrogens (tertiary/aromatic N) is 3. The van der Waals surface area contributed by atoms with Crippen molar-refractivity contribution in [1.82, 2.24) is 9.80 Å². The van der Waals surface area contributed by atoms with Crippen molar-refractivity contribution in [3.63, 3.8) is 0 Å². The van der Waals surface area contributed by atoms with Crippen molar-refractivity contribution in [2.45, 2.75) is 50.6 Å². The fraction of sp³-hybridized carbons (Fsp3) is 0.682. The van der Waals surface area contributed by atoms with Gasteiger partial charge in [0.2, 0.25) is 0 Å². The molecule has 3 aliphatic rings. The third kappa shape index (κ3) is 4.03. The summed E-state index contributed by atoms with van der Waals surface area (Å²) in [5, 5.41) is 9.19. The Bertz CT molecular complexity index is 710. The zero-order chi connectivity index (χ0) is 19.7. The van der Waals surface area contributed by atoms with Gasteiger partial charge in [-0.15, -0.1) is 0 Å². The van der Waals surface area contributed by atoms with Crippen molar-refractivity contribution in [3.8, 4) is 0 Å². The van der Waals surface area contributed by atoms with E-state index in [-0.39, 0.29) is 11.7 Å². The van der Waals surface area contributed by atoms with Gasteiger partial charge in [-0.2, -0.15) is 0 Å². The highest BCUT2D eigenvalue weighted by Crippen LogP contribution is 2.39. The molecular formula is C22H32FN3O2. The fourth-order valence-corrected chi connectivity index (χ4v) is 5.35. The zero-order valence-electron chi connectivity index (χ0n) is 16.9. The van der Waals surface area contributed by atoms with Crippen molar-refractivity contribution in [3.05, 3.63) is 29.6 Å². The highest BCUT2D eigenvalue weighted by molar-refractivity contribution is 5.70. The van der Waals surface area contributed by atoms with E-state index in [4.69, 9.17) is 0 Å². The molecule has 3 heterocycles. The van der Waals surface area contributed by atoms with Crippen molar-refractivity contribution in [2.24, 2.45) is 5.92 Å². The molecule has 5 nitrogen and oxygen atoms in total. The van der Waals surface area contributed by atoms with Crippen LogP contribution in [-0.2, 0) is 11.3 Å². The smallest absolute Gasteiger partial charge is 0.306 e. The van der Waals surface area contributed by atoms with Crippen molar-refractivity contribution in [1.29, 1.82) is 0 Å². The molecule has 154 valence electrons. The van der Waals surface area contributed by atoms with E-state index in [2.05, 4.69) is 27.8 Å². The van der Waals surface area contributed by atoms with Gasteiger partial charge in [0.1, 0.15) is 5.82 Å².